The third-order valence-electron chi connectivity index (χ3n) is 5.87. The number of nitrogens with zero attached hydrogens (tertiary/aromatic N) is 2. The molecule has 0 spiro atoms. The molecule has 1 N–H and O–H groups in total. The van der Waals surface area contributed by atoms with Crippen LogP contribution in [0, 0.1) is 0 Å². The Bertz CT molecular complexity index is 1240. The normalized spacial score (nSPS) is 10.8. The Labute approximate surface area is 217 Å². The molecule has 1 heterocycles. The molecule has 0 radical (unpaired) electrons. The molecule has 0 aliphatic carbocycles. The predicted molar refractivity (Wildman–Crippen MR) is 148 cm³/mol. The van der Waals surface area contributed by atoms with Crippen molar-refractivity contribution in [3.05, 3.63) is 90.5 Å². The average molecular weight is 500 g/mol. The van der Waals surface area contributed by atoms with Gasteiger partial charge in [0.25, 0.3) is 0 Å². The maximum atomic E-state index is 12.3. The number of carbonyl (C=O) groups excluding carboxylic acids is 1. The monoisotopic (exact) mass is 499 g/mol. The van der Waals surface area contributed by atoms with Crippen molar-refractivity contribution >= 4 is 17.7 Å². The molecule has 0 bridgehead atoms. The van der Waals surface area contributed by atoms with Gasteiger partial charge in [0.2, 0.25) is 5.91 Å². The van der Waals surface area contributed by atoms with Gasteiger partial charge in [-0.1, -0.05) is 91.5 Å². The van der Waals surface area contributed by atoms with Crippen LogP contribution in [0.1, 0.15) is 25.3 Å². The first-order chi connectivity index (χ1) is 17.7. The second-order valence-electron chi connectivity index (χ2n) is 8.55. The van der Waals surface area contributed by atoms with Crippen molar-refractivity contribution in [2.45, 2.75) is 37.9 Å². The zero-order valence-electron chi connectivity index (χ0n) is 20.9. The van der Waals surface area contributed by atoms with Crippen LogP contribution in [-0.2, 0) is 17.8 Å². The number of ether oxygens (including phenoxy) is 1. The fourth-order valence-corrected chi connectivity index (χ4v) is 5.08. The van der Waals surface area contributed by atoms with E-state index in [0.29, 0.717) is 13.0 Å². The molecule has 186 valence electrons. The number of hydrogen-bond acceptors (Lipinski definition) is 4. The third-order valence-corrected chi connectivity index (χ3v) is 6.94. The lowest BCUT2D eigenvalue weighted by atomic mass is 10.0. The lowest BCUT2D eigenvalue weighted by molar-refractivity contribution is -0.120. The minimum atomic E-state index is 0.0374. The Morgan fingerprint density at radius 3 is 2.25 bits per heavy atom. The number of carbonyl (C=O) groups is 1. The Kier molecular flexibility index (Phi) is 9.22. The van der Waals surface area contributed by atoms with E-state index in [9.17, 15) is 4.79 Å². The van der Waals surface area contributed by atoms with Gasteiger partial charge < -0.3 is 14.6 Å². The molecular formula is C30H33N3O2S. The van der Waals surface area contributed by atoms with E-state index >= 15 is 0 Å². The molecule has 1 amide bonds. The highest BCUT2D eigenvalue weighted by Gasteiger charge is 2.19. The summed E-state index contributed by atoms with van der Waals surface area (Å²) in [5.74, 6) is 1.71. The molecule has 6 heteroatoms. The van der Waals surface area contributed by atoms with Gasteiger partial charge in [-0.25, -0.2) is 4.98 Å². The summed E-state index contributed by atoms with van der Waals surface area (Å²) in [6.45, 7) is 3.75. The van der Waals surface area contributed by atoms with Crippen LogP contribution in [0.25, 0.3) is 22.5 Å². The van der Waals surface area contributed by atoms with Crippen molar-refractivity contribution in [1.29, 1.82) is 0 Å². The summed E-state index contributed by atoms with van der Waals surface area (Å²) in [6.07, 6.45) is 2.28. The zero-order valence-corrected chi connectivity index (χ0v) is 21.8. The first-order valence-corrected chi connectivity index (χ1v) is 13.4. The maximum absolute atomic E-state index is 12.3. The largest absolute Gasteiger partial charge is 0.497 e. The minimum Gasteiger partial charge on any atom is -0.497 e. The second-order valence-corrected chi connectivity index (χ2v) is 9.61. The number of benzene rings is 3. The summed E-state index contributed by atoms with van der Waals surface area (Å²) in [6, 6.07) is 28.5. The highest BCUT2D eigenvalue weighted by Crippen LogP contribution is 2.36. The SMILES string of the molecule is CCCn1c(SCCCNC(=O)Cc2ccc(OC)cc2)nc(-c2ccccc2)c1-c1ccccc1. The quantitative estimate of drug-likeness (QED) is 0.179. The first kappa shape index (κ1) is 25.6. The topological polar surface area (TPSA) is 56.2 Å². The number of nitrogens with one attached hydrogen (secondary N) is 1. The molecule has 0 atom stereocenters. The molecule has 0 aliphatic heterocycles. The van der Waals surface area contributed by atoms with Crippen LogP contribution in [0.3, 0.4) is 0 Å². The fourth-order valence-electron chi connectivity index (χ4n) is 4.11. The molecule has 0 unspecified atom stereocenters. The molecule has 0 saturated heterocycles. The number of amides is 1. The number of hydrogen-bond donors (Lipinski definition) is 1. The van der Waals surface area contributed by atoms with E-state index in [2.05, 4.69) is 65.3 Å². The Balaban J connectivity index is 1.41. The highest BCUT2D eigenvalue weighted by molar-refractivity contribution is 7.99. The van der Waals surface area contributed by atoms with Gasteiger partial charge in [-0.15, -0.1) is 0 Å². The van der Waals surface area contributed by atoms with Crippen molar-refractivity contribution in [3.63, 3.8) is 0 Å². The Hall–Kier alpha value is -3.51. The first-order valence-electron chi connectivity index (χ1n) is 12.4. The molecule has 0 fully saturated rings. The molecule has 4 aromatic rings. The van der Waals surface area contributed by atoms with Gasteiger partial charge in [0.1, 0.15) is 5.75 Å². The average Bonchev–Trinajstić information content (AvgIpc) is 3.28. The Morgan fingerprint density at radius 1 is 0.944 bits per heavy atom. The standard InChI is InChI=1S/C30H33N3O2S/c1-3-20-33-29(25-13-8-5-9-14-25)28(24-11-6-4-7-12-24)32-30(33)36-21-10-19-31-27(34)22-23-15-17-26(35-2)18-16-23/h4-9,11-18H,3,10,19-22H2,1-2H3,(H,31,34). The van der Waals surface area contributed by atoms with E-state index in [1.54, 1.807) is 18.9 Å². The van der Waals surface area contributed by atoms with Crippen LogP contribution in [0.15, 0.2) is 90.1 Å². The molecule has 0 aliphatic rings. The van der Waals surface area contributed by atoms with Crippen LogP contribution in [0.2, 0.25) is 0 Å². The summed E-state index contributed by atoms with van der Waals surface area (Å²) in [5.41, 5.74) is 5.46. The van der Waals surface area contributed by atoms with Gasteiger partial charge in [-0.05, 0) is 30.5 Å². The van der Waals surface area contributed by atoms with Crippen molar-refractivity contribution in [1.82, 2.24) is 14.9 Å². The molecule has 3 aromatic carbocycles. The Morgan fingerprint density at radius 2 is 1.61 bits per heavy atom. The van der Waals surface area contributed by atoms with E-state index < -0.39 is 0 Å². The molecule has 4 rings (SSSR count). The van der Waals surface area contributed by atoms with Gasteiger partial charge in [-0.2, -0.15) is 0 Å². The lowest BCUT2D eigenvalue weighted by Gasteiger charge is -2.12. The van der Waals surface area contributed by atoms with E-state index in [1.165, 1.54) is 11.3 Å². The molecule has 1 aromatic heterocycles. The van der Waals surface area contributed by atoms with Gasteiger partial charge in [0.05, 0.1) is 24.9 Å². The fraction of sp³-hybridized carbons (Fsp3) is 0.267. The van der Waals surface area contributed by atoms with Crippen LogP contribution >= 0.6 is 11.8 Å². The second kappa shape index (κ2) is 13.0. The zero-order chi connectivity index (χ0) is 25.2. The number of thioether (sulfide) groups is 1. The van der Waals surface area contributed by atoms with Crippen LogP contribution in [-0.4, -0.2) is 34.9 Å². The van der Waals surface area contributed by atoms with Crippen LogP contribution in [0.4, 0.5) is 0 Å². The van der Waals surface area contributed by atoms with E-state index in [4.69, 9.17) is 9.72 Å². The van der Waals surface area contributed by atoms with E-state index in [0.717, 1.165) is 52.9 Å². The maximum Gasteiger partial charge on any atom is 0.224 e. The lowest BCUT2D eigenvalue weighted by Crippen LogP contribution is -2.26. The molecule has 36 heavy (non-hydrogen) atoms. The van der Waals surface area contributed by atoms with Gasteiger partial charge in [0, 0.05) is 30.0 Å². The van der Waals surface area contributed by atoms with Crippen molar-refractivity contribution < 1.29 is 9.53 Å². The highest BCUT2D eigenvalue weighted by atomic mass is 32.2. The summed E-state index contributed by atoms with van der Waals surface area (Å²) in [4.78, 5) is 17.4. The summed E-state index contributed by atoms with van der Waals surface area (Å²) >= 11 is 1.76. The number of methoxy groups -OCH3 is 1. The third kappa shape index (κ3) is 6.58. The molecular weight excluding hydrogens is 466 g/mol. The summed E-state index contributed by atoms with van der Waals surface area (Å²) in [5, 5.41) is 4.07. The van der Waals surface area contributed by atoms with Gasteiger partial charge in [-0.3, -0.25) is 4.79 Å². The van der Waals surface area contributed by atoms with Crippen molar-refractivity contribution in [3.8, 4) is 28.3 Å². The van der Waals surface area contributed by atoms with Crippen molar-refractivity contribution in [2.24, 2.45) is 0 Å². The van der Waals surface area contributed by atoms with Crippen LogP contribution < -0.4 is 10.1 Å². The summed E-state index contributed by atoms with van der Waals surface area (Å²) < 4.78 is 7.53. The van der Waals surface area contributed by atoms with Gasteiger partial charge >= 0.3 is 0 Å². The number of rotatable bonds is 12. The van der Waals surface area contributed by atoms with Crippen LogP contribution in [0.5, 0.6) is 5.75 Å². The van der Waals surface area contributed by atoms with Crippen molar-refractivity contribution in [2.75, 3.05) is 19.4 Å². The molecule has 0 saturated carbocycles. The minimum absolute atomic E-state index is 0.0374. The predicted octanol–water partition coefficient (Wildman–Crippen LogP) is 6.48. The van der Waals surface area contributed by atoms with Gasteiger partial charge in [0.15, 0.2) is 5.16 Å². The van der Waals surface area contributed by atoms with E-state index in [-0.39, 0.29) is 5.91 Å². The number of aromatic nitrogens is 2. The van der Waals surface area contributed by atoms with E-state index in [1.807, 2.05) is 36.4 Å². The number of imidazole rings is 1. The smallest absolute Gasteiger partial charge is 0.224 e. The summed E-state index contributed by atoms with van der Waals surface area (Å²) in [7, 11) is 1.64. The molecule has 5 nitrogen and oxygen atoms in total.